The quantitative estimate of drug-likeness (QED) is 0.342. The van der Waals surface area contributed by atoms with Gasteiger partial charge in [-0.3, -0.25) is 10.2 Å². The summed E-state index contributed by atoms with van der Waals surface area (Å²) < 4.78 is 0. The lowest BCUT2D eigenvalue weighted by Crippen LogP contribution is -2.22. The minimum atomic E-state index is -0.287. The molecular formula is C9H10ClN3O. The zero-order chi connectivity index (χ0) is 10.2. The predicted molar refractivity (Wildman–Crippen MR) is 57.4 cm³/mol. The van der Waals surface area contributed by atoms with E-state index in [-0.39, 0.29) is 11.8 Å². The van der Waals surface area contributed by atoms with E-state index in [1.807, 2.05) is 30.3 Å². The molecule has 0 saturated heterocycles. The van der Waals surface area contributed by atoms with Gasteiger partial charge >= 0.3 is 0 Å². The average molecular weight is 212 g/mol. The normalized spacial score (nSPS) is 10.1. The highest BCUT2D eigenvalue weighted by Gasteiger charge is 1.91. The van der Waals surface area contributed by atoms with Crippen LogP contribution in [0.5, 0.6) is 0 Å². The van der Waals surface area contributed by atoms with Gasteiger partial charge in [-0.1, -0.05) is 18.2 Å². The highest BCUT2D eigenvalue weighted by atomic mass is 35.5. The molecule has 0 radical (unpaired) electrons. The number of carbonyl (C=O) groups is 1. The maximum Gasteiger partial charge on any atom is 0.240 e. The van der Waals surface area contributed by atoms with Gasteiger partial charge in [-0.15, -0.1) is 11.6 Å². The molecule has 1 aromatic carbocycles. The van der Waals surface area contributed by atoms with Crippen LogP contribution in [0.1, 0.15) is 0 Å². The van der Waals surface area contributed by atoms with Gasteiger partial charge in [-0.25, -0.2) is 0 Å². The van der Waals surface area contributed by atoms with E-state index in [1.54, 1.807) is 0 Å². The highest BCUT2D eigenvalue weighted by Crippen LogP contribution is 2.03. The van der Waals surface area contributed by atoms with E-state index in [0.717, 1.165) is 5.69 Å². The first kappa shape index (κ1) is 10.5. The van der Waals surface area contributed by atoms with E-state index >= 15 is 0 Å². The fourth-order valence-electron chi connectivity index (χ4n) is 0.762. The summed E-state index contributed by atoms with van der Waals surface area (Å²) in [5.41, 5.74) is 3.59. The monoisotopic (exact) mass is 211 g/mol. The zero-order valence-corrected chi connectivity index (χ0v) is 8.16. The Morgan fingerprint density at radius 1 is 1.43 bits per heavy atom. The van der Waals surface area contributed by atoms with Crippen molar-refractivity contribution in [1.29, 1.82) is 0 Å². The van der Waals surface area contributed by atoms with E-state index in [1.165, 1.54) is 6.34 Å². The van der Waals surface area contributed by atoms with Crippen LogP contribution in [-0.4, -0.2) is 18.1 Å². The number of halogens is 1. The number of carbonyl (C=O) groups excluding carboxylic acids is 1. The third-order valence-electron chi connectivity index (χ3n) is 1.38. The number of hydrogen-bond donors (Lipinski definition) is 2. The Morgan fingerprint density at radius 3 is 2.79 bits per heavy atom. The number of rotatable bonds is 4. The van der Waals surface area contributed by atoms with Crippen LogP contribution in [0.25, 0.3) is 0 Å². The third kappa shape index (κ3) is 3.91. The van der Waals surface area contributed by atoms with Crippen LogP contribution in [-0.2, 0) is 4.79 Å². The van der Waals surface area contributed by atoms with Gasteiger partial charge in [0, 0.05) is 0 Å². The van der Waals surface area contributed by atoms with Crippen LogP contribution in [0.3, 0.4) is 0 Å². The Morgan fingerprint density at radius 2 is 2.14 bits per heavy atom. The molecule has 0 bridgehead atoms. The van der Waals surface area contributed by atoms with Crippen molar-refractivity contribution in [2.75, 3.05) is 11.3 Å². The van der Waals surface area contributed by atoms with Crippen molar-refractivity contribution in [1.82, 2.24) is 5.32 Å². The van der Waals surface area contributed by atoms with Crippen molar-refractivity contribution in [3.05, 3.63) is 30.3 Å². The number of nitrogens with one attached hydrogen (secondary N) is 2. The number of amides is 1. The van der Waals surface area contributed by atoms with Crippen molar-refractivity contribution in [2.24, 2.45) is 5.10 Å². The van der Waals surface area contributed by atoms with Crippen LogP contribution in [0.15, 0.2) is 35.4 Å². The summed E-state index contributed by atoms with van der Waals surface area (Å²) >= 11 is 5.25. The Hall–Kier alpha value is -1.55. The second kappa shape index (κ2) is 5.99. The molecule has 0 heterocycles. The molecule has 4 nitrogen and oxygen atoms in total. The molecule has 1 aromatic rings. The Balaban J connectivity index is 2.31. The second-order valence-corrected chi connectivity index (χ2v) is 2.70. The molecule has 0 aliphatic rings. The molecule has 0 aromatic heterocycles. The van der Waals surface area contributed by atoms with Crippen molar-refractivity contribution in [3.8, 4) is 0 Å². The molecule has 14 heavy (non-hydrogen) atoms. The van der Waals surface area contributed by atoms with E-state index in [4.69, 9.17) is 11.6 Å². The molecule has 1 rings (SSSR count). The van der Waals surface area contributed by atoms with Gasteiger partial charge in [0.05, 0.1) is 5.69 Å². The summed E-state index contributed by atoms with van der Waals surface area (Å²) in [6.07, 6.45) is 1.26. The van der Waals surface area contributed by atoms with Crippen LogP contribution in [0, 0.1) is 0 Å². The van der Waals surface area contributed by atoms with Gasteiger partial charge in [0.2, 0.25) is 5.91 Å². The first-order chi connectivity index (χ1) is 6.83. The number of nitrogens with zero attached hydrogens (tertiary/aromatic N) is 1. The first-order valence-corrected chi connectivity index (χ1v) is 4.54. The van der Waals surface area contributed by atoms with Crippen molar-refractivity contribution >= 4 is 29.5 Å². The van der Waals surface area contributed by atoms with Crippen molar-refractivity contribution in [2.45, 2.75) is 0 Å². The maximum atomic E-state index is 10.7. The molecule has 0 aliphatic carbocycles. The third-order valence-corrected chi connectivity index (χ3v) is 1.62. The Bertz CT molecular complexity index is 313. The van der Waals surface area contributed by atoms with Crippen LogP contribution in [0.4, 0.5) is 5.69 Å². The lowest BCUT2D eigenvalue weighted by atomic mass is 10.3. The SMILES string of the molecule is O=C(CCl)N/C=N/Nc1ccccc1. The standard InChI is InChI=1S/C9H10ClN3O/c10-6-9(14)11-7-12-13-8-4-2-1-3-5-8/h1-5,7,13H,6H2,(H,11,12,14). The number of alkyl halides is 1. The first-order valence-electron chi connectivity index (χ1n) is 4.01. The molecular weight excluding hydrogens is 202 g/mol. The molecule has 0 fully saturated rings. The maximum absolute atomic E-state index is 10.7. The van der Waals surface area contributed by atoms with Crippen molar-refractivity contribution in [3.63, 3.8) is 0 Å². The van der Waals surface area contributed by atoms with E-state index in [2.05, 4.69) is 15.8 Å². The fourth-order valence-corrected chi connectivity index (χ4v) is 0.839. The van der Waals surface area contributed by atoms with E-state index in [9.17, 15) is 4.79 Å². The van der Waals surface area contributed by atoms with Crippen LogP contribution < -0.4 is 10.7 Å². The summed E-state index contributed by atoms with van der Waals surface area (Å²) in [6.45, 7) is 0. The molecule has 1 amide bonds. The van der Waals surface area contributed by atoms with Gasteiger partial charge in [-0.05, 0) is 12.1 Å². The summed E-state index contributed by atoms with van der Waals surface area (Å²) in [5.74, 6) is -0.359. The van der Waals surface area contributed by atoms with Gasteiger partial charge in [0.15, 0.2) is 0 Å². The minimum absolute atomic E-state index is 0.0721. The molecule has 0 unspecified atom stereocenters. The lowest BCUT2D eigenvalue weighted by Gasteiger charge is -1.98. The van der Waals surface area contributed by atoms with Gasteiger partial charge < -0.3 is 5.32 Å². The molecule has 5 heteroatoms. The lowest BCUT2D eigenvalue weighted by molar-refractivity contribution is -0.117. The largest absolute Gasteiger partial charge is 0.314 e. The molecule has 2 N–H and O–H groups in total. The van der Waals surface area contributed by atoms with Gasteiger partial charge in [0.25, 0.3) is 0 Å². The molecule has 0 aliphatic heterocycles. The Labute approximate surface area is 87.0 Å². The zero-order valence-electron chi connectivity index (χ0n) is 7.40. The van der Waals surface area contributed by atoms with Crippen molar-refractivity contribution < 1.29 is 4.79 Å². The smallest absolute Gasteiger partial charge is 0.240 e. The summed E-state index contributed by atoms with van der Waals surface area (Å²) in [5, 5.41) is 6.14. The second-order valence-electron chi connectivity index (χ2n) is 2.44. The van der Waals surface area contributed by atoms with E-state index < -0.39 is 0 Å². The van der Waals surface area contributed by atoms with Crippen LogP contribution in [0.2, 0.25) is 0 Å². The van der Waals surface area contributed by atoms with Gasteiger partial charge in [-0.2, -0.15) is 5.10 Å². The molecule has 74 valence electrons. The number of para-hydroxylation sites is 1. The summed E-state index contributed by atoms with van der Waals surface area (Å²) in [6, 6.07) is 9.40. The van der Waals surface area contributed by atoms with E-state index in [0.29, 0.717) is 0 Å². The fraction of sp³-hybridized carbons (Fsp3) is 0.111. The minimum Gasteiger partial charge on any atom is -0.314 e. The number of benzene rings is 1. The predicted octanol–water partition coefficient (Wildman–Crippen LogP) is 1.40. The summed E-state index contributed by atoms with van der Waals surface area (Å²) in [4.78, 5) is 10.7. The topological polar surface area (TPSA) is 53.5 Å². The number of hydrogen-bond acceptors (Lipinski definition) is 3. The number of hydrazone groups is 1. The summed E-state index contributed by atoms with van der Waals surface area (Å²) in [7, 11) is 0. The molecule has 0 spiro atoms. The van der Waals surface area contributed by atoms with Crippen LogP contribution >= 0.6 is 11.6 Å². The molecule has 0 saturated carbocycles. The number of anilines is 1. The Kier molecular flexibility index (Phi) is 4.50. The van der Waals surface area contributed by atoms with Gasteiger partial charge in [0.1, 0.15) is 12.2 Å². The molecule has 0 atom stereocenters. The highest BCUT2D eigenvalue weighted by molar-refractivity contribution is 6.28. The average Bonchev–Trinajstić information content (AvgIpc) is 2.25.